The number of amides is 2. The Kier molecular flexibility index (Phi) is 7.85. The van der Waals surface area contributed by atoms with Gasteiger partial charge in [-0.25, -0.2) is 9.59 Å². The number of methoxy groups -OCH3 is 1. The highest BCUT2D eigenvalue weighted by Crippen LogP contribution is 2.22. The lowest BCUT2D eigenvalue weighted by Gasteiger charge is -2.18. The van der Waals surface area contributed by atoms with E-state index < -0.39 is 30.4 Å². The third-order valence-electron chi connectivity index (χ3n) is 4.36. The number of ether oxygens (including phenoxy) is 2. The normalized spacial score (nSPS) is 11.1. The van der Waals surface area contributed by atoms with Gasteiger partial charge in [0.25, 0.3) is 11.8 Å². The first-order valence-electron chi connectivity index (χ1n) is 9.58. The maximum atomic E-state index is 12.1. The van der Waals surface area contributed by atoms with Crippen molar-refractivity contribution in [2.75, 3.05) is 13.7 Å². The maximum absolute atomic E-state index is 12.1. The van der Waals surface area contributed by atoms with Crippen LogP contribution in [0.4, 0.5) is 0 Å². The Labute approximate surface area is 181 Å². The summed E-state index contributed by atoms with van der Waals surface area (Å²) in [5.41, 5.74) is 2.40. The summed E-state index contributed by atoms with van der Waals surface area (Å²) in [5.74, 6) is -2.49. The highest BCUT2D eigenvalue weighted by atomic mass is 16.5. The SMILES string of the molecule is COC(=O)c1ccc(/C=C/C(=O)OCC(=O)NC(=O)c2ccc(C(C)(C)C)cc2)cc1. The molecule has 0 aromatic heterocycles. The van der Waals surface area contributed by atoms with Crippen molar-refractivity contribution in [3.05, 3.63) is 76.9 Å². The first-order valence-corrected chi connectivity index (χ1v) is 9.58. The van der Waals surface area contributed by atoms with Gasteiger partial charge in [0.05, 0.1) is 12.7 Å². The summed E-state index contributed by atoms with van der Waals surface area (Å²) in [4.78, 5) is 47.2. The largest absolute Gasteiger partial charge is 0.465 e. The average Bonchev–Trinajstić information content (AvgIpc) is 2.75. The van der Waals surface area contributed by atoms with E-state index in [-0.39, 0.29) is 5.41 Å². The van der Waals surface area contributed by atoms with Crippen LogP contribution in [0.1, 0.15) is 52.6 Å². The van der Waals surface area contributed by atoms with Gasteiger partial charge in [0, 0.05) is 11.6 Å². The molecule has 0 radical (unpaired) electrons. The smallest absolute Gasteiger partial charge is 0.337 e. The number of hydrogen-bond donors (Lipinski definition) is 1. The second-order valence-electron chi connectivity index (χ2n) is 7.76. The van der Waals surface area contributed by atoms with E-state index in [0.29, 0.717) is 16.7 Å². The average molecular weight is 423 g/mol. The molecule has 2 aromatic rings. The second kappa shape index (κ2) is 10.3. The van der Waals surface area contributed by atoms with Crippen LogP contribution < -0.4 is 5.32 Å². The van der Waals surface area contributed by atoms with Crippen molar-refractivity contribution < 1.29 is 28.7 Å². The number of hydrogen-bond acceptors (Lipinski definition) is 6. The van der Waals surface area contributed by atoms with Crippen LogP contribution in [0, 0.1) is 0 Å². The number of imide groups is 1. The monoisotopic (exact) mass is 423 g/mol. The number of nitrogens with one attached hydrogen (secondary N) is 1. The van der Waals surface area contributed by atoms with Crippen LogP contribution in [0.15, 0.2) is 54.6 Å². The molecule has 0 atom stereocenters. The van der Waals surface area contributed by atoms with Crippen molar-refractivity contribution in [1.29, 1.82) is 0 Å². The van der Waals surface area contributed by atoms with Gasteiger partial charge in [-0.15, -0.1) is 0 Å². The second-order valence-corrected chi connectivity index (χ2v) is 7.76. The summed E-state index contributed by atoms with van der Waals surface area (Å²) in [5, 5.41) is 2.18. The molecule has 0 aliphatic heterocycles. The zero-order valence-electron chi connectivity index (χ0n) is 17.9. The molecule has 0 spiro atoms. The van der Waals surface area contributed by atoms with Crippen molar-refractivity contribution in [3.8, 4) is 0 Å². The van der Waals surface area contributed by atoms with E-state index in [0.717, 1.165) is 11.6 Å². The first-order chi connectivity index (χ1) is 14.6. The lowest BCUT2D eigenvalue weighted by Crippen LogP contribution is -2.34. The topological polar surface area (TPSA) is 98.8 Å². The van der Waals surface area contributed by atoms with Crippen LogP contribution in [0.25, 0.3) is 6.08 Å². The highest BCUT2D eigenvalue weighted by molar-refractivity contribution is 6.05. The molecule has 7 nitrogen and oxygen atoms in total. The van der Waals surface area contributed by atoms with Crippen molar-refractivity contribution in [2.24, 2.45) is 0 Å². The molecule has 0 aliphatic rings. The van der Waals surface area contributed by atoms with E-state index in [2.05, 4.69) is 30.8 Å². The van der Waals surface area contributed by atoms with Gasteiger partial charge in [0.2, 0.25) is 0 Å². The zero-order chi connectivity index (χ0) is 23.0. The highest BCUT2D eigenvalue weighted by Gasteiger charge is 2.16. The molecule has 0 fully saturated rings. The molecule has 31 heavy (non-hydrogen) atoms. The van der Waals surface area contributed by atoms with E-state index >= 15 is 0 Å². The van der Waals surface area contributed by atoms with Crippen LogP contribution in [0.3, 0.4) is 0 Å². The van der Waals surface area contributed by atoms with Gasteiger partial charge < -0.3 is 9.47 Å². The standard InChI is InChI=1S/C24H25NO6/c1-24(2,3)19-12-10-17(11-13-19)22(28)25-20(26)15-31-21(27)14-7-16-5-8-18(9-6-16)23(29)30-4/h5-14H,15H2,1-4H3,(H,25,26,28)/b14-7+. The number of esters is 2. The Bertz CT molecular complexity index is 982. The summed E-state index contributed by atoms with van der Waals surface area (Å²) in [6.07, 6.45) is 2.62. The predicted molar refractivity (Wildman–Crippen MR) is 115 cm³/mol. The van der Waals surface area contributed by atoms with E-state index in [1.807, 2.05) is 12.1 Å². The van der Waals surface area contributed by atoms with Crippen LogP contribution in [0.5, 0.6) is 0 Å². The lowest BCUT2D eigenvalue weighted by atomic mass is 9.87. The first kappa shape index (κ1) is 23.5. The Hall–Kier alpha value is -3.74. The minimum atomic E-state index is -0.742. The molecule has 0 heterocycles. The van der Waals surface area contributed by atoms with E-state index in [4.69, 9.17) is 4.74 Å². The number of carbonyl (C=O) groups excluding carboxylic acids is 4. The Morgan fingerprint density at radius 2 is 1.48 bits per heavy atom. The minimum Gasteiger partial charge on any atom is -0.465 e. The van der Waals surface area contributed by atoms with Crippen LogP contribution in [-0.2, 0) is 24.5 Å². The molecule has 0 saturated carbocycles. The molecule has 2 aromatic carbocycles. The molecule has 2 amide bonds. The van der Waals surface area contributed by atoms with E-state index in [1.54, 1.807) is 36.4 Å². The lowest BCUT2D eigenvalue weighted by molar-refractivity contribution is -0.143. The summed E-state index contributed by atoms with van der Waals surface area (Å²) in [6.45, 7) is 5.60. The summed E-state index contributed by atoms with van der Waals surface area (Å²) >= 11 is 0. The third-order valence-corrected chi connectivity index (χ3v) is 4.36. The molecular weight excluding hydrogens is 398 g/mol. The Morgan fingerprint density at radius 3 is 2.03 bits per heavy atom. The number of rotatable bonds is 6. The quantitative estimate of drug-likeness (QED) is 0.566. The van der Waals surface area contributed by atoms with Crippen molar-refractivity contribution in [1.82, 2.24) is 5.32 Å². The van der Waals surface area contributed by atoms with Gasteiger partial charge in [-0.05, 0) is 46.9 Å². The molecule has 0 bridgehead atoms. The van der Waals surface area contributed by atoms with Gasteiger partial charge in [-0.1, -0.05) is 45.0 Å². The van der Waals surface area contributed by atoms with Gasteiger partial charge in [-0.2, -0.15) is 0 Å². The van der Waals surface area contributed by atoms with Crippen LogP contribution in [0.2, 0.25) is 0 Å². The third kappa shape index (κ3) is 7.22. The van der Waals surface area contributed by atoms with E-state index in [9.17, 15) is 19.2 Å². The summed E-state index contributed by atoms with van der Waals surface area (Å²) in [6, 6.07) is 13.3. The predicted octanol–water partition coefficient (Wildman–Crippen LogP) is 3.28. The van der Waals surface area contributed by atoms with Crippen molar-refractivity contribution in [2.45, 2.75) is 26.2 Å². The van der Waals surface area contributed by atoms with Crippen LogP contribution >= 0.6 is 0 Å². The molecule has 1 N–H and O–H groups in total. The molecule has 0 unspecified atom stereocenters. The fourth-order valence-corrected chi connectivity index (χ4v) is 2.55. The fourth-order valence-electron chi connectivity index (χ4n) is 2.55. The van der Waals surface area contributed by atoms with Crippen LogP contribution in [-0.4, -0.2) is 37.5 Å². The summed E-state index contributed by atoms with van der Waals surface area (Å²) < 4.78 is 9.45. The number of carbonyl (C=O) groups is 4. The van der Waals surface area contributed by atoms with Crippen molar-refractivity contribution in [3.63, 3.8) is 0 Å². The van der Waals surface area contributed by atoms with Gasteiger partial charge in [0.1, 0.15) is 0 Å². The molecule has 162 valence electrons. The van der Waals surface area contributed by atoms with E-state index in [1.165, 1.54) is 13.2 Å². The molecule has 0 saturated heterocycles. The molecular formula is C24H25NO6. The summed E-state index contributed by atoms with van der Waals surface area (Å²) in [7, 11) is 1.29. The zero-order valence-corrected chi connectivity index (χ0v) is 17.9. The van der Waals surface area contributed by atoms with Gasteiger partial charge in [-0.3, -0.25) is 14.9 Å². The maximum Gasteiger partial charge on any atom is 0.337 e. The van der Waals surface area contributed by atoms with Gasteiger partial charge in [0.15, 0.2) is 6.61 Å². The molecule has 7 heteroatoms. The Morgan fingerprint density at radius 1 is 0.903 bits per heavy atom. The fraction of sp³-hybridized carbons (Fsp3) is 0.250. The molecule has 0 aliphatic carbocycles. The Balaban J connectivity index is 1.82. The molecule has 2 rings (SSSR count). The van der Waals surface area contributed by atoms with Gasteiger partial charge >= 0.3 is 11.9 Å². The van der Waals surface area contributed by atoms with Crippen molar-refractivity contribution >= 4 is 29.8 Å². The number of benzene rings is 2. The minimum absolute atomic E-state index is 0.0457.